The first-order valence-corrected chi connectivity index (χ1v) is 13.1. The second kappa shape index (κ2) is 9.24. The minimum absolute atomic E-state index is 0.0165. The van der Waals surface area contributed by atoms with Crippen molar-refractivity contribution in [3.8, 4) is 28.1 Å². The third-order valence-corrected chi connectivity index (χ3v) is 8.45. The van der Waals surface area contributed by atoms with Crippen LogP contribution < -0.4 is 0 Å². The Labute approximate surface area is 222 Å². The number of nitrogens with zero attached hydrogens (tertiary/aromatic N) is 3. The highest BCUT2D eigenvalue weighted by Gasteiger charge is 2.50. The number of aliphatic hydroxyl groups is 1. The lowest BCUT2D eigenvalue weighted by Crippen LogP contribution is -2.46. The Morgan fingerprint density at radius 3 is 2.45 bits per heavy atom. The van der Waals surface area contributed by atoms with E-state index in [1.54, 1.807) is 0 Å². The summed E-state index contributed by atoms with van der Waals surface area (Å²) >= 11 is 0. The molecule has 3 aromatic carbocycles. The molecular weight excluding hydrogens is 470 g/mol. The third-order valence-electron chi connectivity index (χ3n) is 8.45. The predicted molar refractivity (Wildman–Crippen MR) is 148 cm³/mol. The fourth-order valence-corrected chi connectivity index (χ4v) is 6.56. The maximum absolute atomic E-state index is 12.9. The van der Waals surface area contributed by atoms with Crippen LogP contribution in [-0.2, 0) is 23.2 Å². The number of fused-ring (bicyclic) bond motifs is 3. The van der Waals surface area contributed by atoms with E-state index in [0.717, 1.165) is 52.2 Å². The molecule has 0 spiro atoms. The minimum Gasteiger partial charge on any atom is -0.392 e. The summed E-state index contributed by atoms with van der Waals surface area (Å²) in [5.74, 6) is -0.168. The summed E-state index contributed by atoms with van der Waals surface area (Å²) in [5.41, 5.74) is 7.85. The molecule has 0 fully saturated rings. The summed E-state index contributed by atoms with van der Waals surface area (Å²) in [4.78, 5) is 16.6. The Bertz CT molecular complexity index is 1610. The van der Waals surface area contributed by atoms with Crippen molar-refractivity contribution < 1.29 is 9.90 Å². The SMILES string of the molecule is [C-]#[N+]C1=C[C@@]2(C)c3c(c(-c4ccccc4)nn3-c3ccc(-c4ccccc4CO)cc3)CC[C@@H]2[C@@H](C)C1=O. The Hall–Kier alpha value is -4.27. The van der Waals surface area contributed by atoms with Crippen LogP contribution in [0.4, 0.5) is 0 Å². The number of hydrogen-bond acceptors (Lipinski definition) is 3. The topological polar surface area (TPSA) is 59.5 Å². The number of rotatable bonds is 4. The summed E-state index contributed by atoms with van der Waals surface area (Å²) in [5, 5.41) is 15.0. The van der Waals surface area contributed by atoms with Crippen LogP contribution >= 0.6 is 0 Å². The molecular formula is C33H29N3O2. The molecule has 0 unspecified atom stereocenters. The van der Waals surface area contributed by atoms with E-state index < -0.39 is 5.41 Å². The van der Waals surface area contributed by atoms with E-state index in [-0.39, 0.29) is 29.9 Å². The van der Waals surface area contributed by atoms with Crippen molar-refractivity contribution >= 4 is 5.78 Å². The van der Waals surface area contributed by atoms with Gasteiger partial charge >= 0.3 is 0 Å². The molecule has 2 aliphatic carbocycles. The second-order valence-corrected chi connectivity index (χ2v) is 10.5. The standard InChI is InChI=1S/C33H29N3O2/c1-21-28-18-17-27-30(23-9-5-4-6-10-23)35-36(32(27)33(28,2)19-29(34-3)31(21)38)25-15-13-22(14-16-25)26-12-8-7-11-24(26)20-37/h4-16,19,21,28,37H,17-18,20H2,1-2H3/t21-,28-,33-/m1/s1. The van der Waals surface area contributed by atoms with Crippen molar-refractivity contribution in [1.29, 1.82) is 0 Å². The summed E-state index contributed by atoms with van der Waals surface area (Å²) < 4.78 is 2.03. The van der Waals surface area contributed by atoms with Crippen molar-refractivity contribution in [1.82, 2.24) is 9.78 Å². The van der Waals surface area contributed by atoms with Gasteiger partial charge in [-0.1, -0.05) is 86.7 Å². The third kappa shape index (κ3) is 3.64. The molecule has 0 saturated heterocycles. The zero-order valence-corrected chi connectivity index (χ0v) is 21.6. The van der Waals surface area contributed by atoms with Crippen LogP contribution in [-0.4, -0.2) is 20.7 Å². The second-order valence-electron chi connectivity index (χ2n) is 10.5. The molecule has 0 aliphatic heterocycles. The average molecular weight is 500 g/mol. The molecule has 38 heavy (non-hydrogen) atoms. The van der Waals surface area contributed by atoms with E-state index in [0.29, 0.717) is 0 Å². The molecule has 1 N–H and O–H groups in total. The normalized spacial score (nSPS) is 22.3. The quantitative estimate of drug-likeness (QED) is 0.324. The summed E-state index contributed by atoms with van der Waals surface area (Å²) in [6.07, 6.45) is 3.62. The van der Waals surface area contributed by atoms with Crippen LogP contribution in [0.3, 0.4) is 0 Å². The highest BCUT2D eigenvalue weighted by atomic mass is 16.3. The molecule has 4 aromatic rings. The number of hydrogen-bond donors (Lipinski definition) is 1. The first-order valence-electron chi connectivity index (χ1n) is 13.1. The Morgan fingerprint density at radius 1 is 1.03 bits per heavy atom. The van der Waals surface area contributed by atoms with Gasteiger partial charge in [-0.25, -0.2) is 9.53 Å². The number of carbonyl (C=O) groups is 1. The molecule has 0 radical (unpaired) electrons. The van der Waals surface area contributed by atoms with E-state index in [9.17, 15) is 9.90 Å². The zero-order chi connectivity index (χ0) is 26.4. The van der Waals surface area contributed by atoms with Crippen LogP contribution in [0.1, 0.15) is 37.1 Å². The maximum Gasteiger partial charge on any atom is 0.226 e. The van der Waals surface area contributed by atoms with Crippen molar-refractivity contribution in [2.24, 2.45) is 11.8 Å². The molecule has 6 rings (SSSR count). The van der Waals surface area contributed by atoms with Gasteiger partial charge in [0.2, 0.25) is 5.70 Å². The molecule has 0 amide bonds. The lowest BCUT2D eigenvalue weighted by molar-refractivity contribution is -0.121. The summed E-state index contributed by atoms with van der Waals surface area (Å²) in [6, 6.07) is 26.4. The molecule has 0 bridgehead atoms. The Balaban J connectivity index is 1.56. The highest BCUT2D eigenvalue weighted by molar-refractivity contribution is 6.00. The number of Topliss-reactive ketones (excluding diaryl/α,β-unsaturated/α-hetero) is 1. The number of allylic oxidation sites excluding steroid dienone is 2. The van der Waals surface area contributed by atoms with E-state index in [1.165, 1.54) is 5.56 Å². The summed E-state index contributed by atoms with van der Waals surface area (Å²) in [7, 11) is 0. The summed E-state index contributed by atoms with van der Waals surface area (Å²) in [6.45, 7) is 11.8. The van der Waals surface area contributed by atoms with Gasteiger partial charge in [-0.3, -0.25) is 0 Å². The lowest BCUT2D eigenvalue weighted by Gasteiger charge is -2.45. The van der Waals surface area contributed by atoms with Gasteiger partial charge in [-0.2, -0.15) is 5.10 Å². The molecule has 188 valence electrons. The largest absolute Gasteiger partial charge is 0.392 e. The van der Waals surface area contributed by atoms with Gasteiger partial charge in [0.1, 0.15) is 0 Å². The van der Waals surface area contributed by atoms with Crippen LogP contribution in [0.5, 0.6) is 0 Å². The highest BCUT2D eigenvalue weighted by Crippen LogP contribution is 2.52. The van der Waals surface area contributed by atoms with Crippen LogP contribution in [0.2, 0.25) is 0 Å². The lowest BCUT2D eigenvalue weighted by atomic mass is 9.58. The number of benzene rings is 3. The van der Waals surface area contributed by atoms with Crippen molar-refractivity contribution in [3.63, 3.8) is 0 Å². The van der Waals surface area contributed by atoms with Crippen molar-refractivity contribution in [2.75, 3.05) is 0 Å². The van der Waals surface area contributed by atoms with E-state index in [2.05, 4.69) is 48.2 Å². The smallest absolute Gasteiger partial charge is 0.226 e. The van der Waals surface area contributed by atoms with E-state index >= 15 is 0 Å². The molecule has 5 heteroatoms. The van der Waals surface area contributed by atoms with Crippen LogP contribution in [0.25, 0.3) is 32.9 Å². The van der Waals surface area contributed by atoms with Gasteiger partial charge in [0, 0.05) is 22.5 Å². The predicted octanol–water partition coefficient (Wildman–Crippen LogP) is 6.54. The fourth-order valence-electron chi connectivity index (χ4n) is 6.56. The van der Waals surface area contributed by atoms with Gasteiger partial charge in [-0.05, 0) is 47.6 Å². The molecule has 2 aliphatic rings. The van der Waals surface area contributed by atoms with Crippen LogP contribution in [0, 0.1) is 18.4 Å². The van der Waals surface area contributed by atoms with Crippen molar-refractivity contribution in [3.05, 3.63) is 119 Å². The van der Waals surface area contributed by atoms with E-state index in [4.69, 9.17) is 11.7 Å². The fraction of sp³-hybridized carbons (Fsp3) is 0.242. The molecule has 0 saturated carbocycles. The molecule has 3 atom stereocenters. The van der Waals surface area contributed by atoms with Gasteiger partial charge in [0.15, 0.2) is 5.78 Å². The molecule has 5 nitrogen and oxygen atoms in total. The zero-order valence-electron chi connectivity index (χ0n) is 21.6. The minimum atomic E-state index is -0.497. The van der Waals surface area contributed by atoms with Gasteiger partial charge in [0.25, 0.3) is 0 Å². The van der Waals surface area contributed by atoms with Gasteiger partial charge < -0.3 is 9.90 Å². The van der Waals surface area contributed by atoms with Crippen LogP contribution in [0.15, 0.2) is 90.6 Å². The Morgan fingerprint density at radius 2 is 1.74 bits per heavy atom. The average Bonchev–Trinajstić information content (AvgIpc) is 3.37. The number of ketones is 1. The number of aliphatic hydroxyl groups excluding tert-OH is 1. The van der Waals surface area contributed by atoms with Gasteiger partial charge in [-0.15, -0.1) is 0 Å². The first-order chi connectivity index (χ1) is 18.5. The monoisotopic (exact) mass is 499 g/mol. The number of aromatic nitrogens is 2. The van der Waals surface area contributed by atoms with Crippen molar-refractivity contribution in [2.45, 2.75) is 38.7 Å². The van der Waals surface area contributed by atoms with E-state index in [1.807, 2.05) is 60.1 Å². The number of carbonyl (C=O) groups excluding carboxylic acids is 1. The first kappa shape index (κ1) is 24.1. The maximum atomic E-state index is 12.9. The molecule has 1 aromatic heterocycles. The Kier molecular flexibility index (Phi) is 5.86. The molecule has 1 heterocycles. The van der Waals surface area contributed by atoms with Gasteiger partial charge in [0.05, 0.1) is 30.3 Å².